The quantitative estimate of drug-likeness (QED) is 0.816. The number of fused-ring (bicyclic) bond motifs is 1. The van der Waals surface area contributed by atoms with E-state index in [2.05, 4.69) is 48.9 Å². The van der Waals surface area contributed by atoms with Crippen molar-refractivity contribution in [3.8, 4) is 0 Å². The SMILES string of the molecule is CCCn1c(CNC(CO)C(C)C)nc2ccccc21. The van der Waals surface area contributed by atoms with Crippen LogP contribution in [0.4, 0.5) is 0 Å². The number of aliphatic hydroxyl groups is 1. The van der Waals surface area contributed by atoms with Gasteiger partial charge in [0.05, 0.1) is 24.2 Å². The first kappa shape index (κ1) is 15.0. The maximum atomic E-state index is 9.40. The van der Waals surface area contributed by atoms with E-state index in [1.165, 1.54) is 5.52 Å². The first-order valence-electron chi connectivity index (χ1n) is 7.45. The molecular weight excluding hydrogens is 250 g/mol. The third-order valence-electron chi connectivity index (χ3n) is 3.70. The lowest BCUT2D eigenvalue weighted by molar-refractivity contribution is 0.209. The van der Waals surface area contributed by atoms with Crippen molar-refractivity contribution in [2.45, 2.75) is 46.3 Å². The molecule has 0 saturated carbocycles. The van der Waals surface area contributed by atoms with Crippen molar-refractivity contribution in [3.63, 3.8) is 0 Å². The van der Waals surface area contributed by atoms with Crippen LogP contribution in [0.25, 0.3) is 11.0 Å². The highest BCUT2D eigenvalue weighted by Crippen LogP contribution is 2.17. The molecule has 1 atom stereocenters. The molecule has 110 valence electrons. The Balaban J connectivity index is 2.22. The van der Waals surface area contributed by atoms with Crippen LogP contribution in [-0.4, -0.2) is 27.3 Å². The Bertz CT molecular complexity index is 548. The molecule has 4 heteroatoms. The fourth-order valence-electron chi connectivity index (χ4n) is 2.47. The van der Waals surface area contributed by atoms with Gasteiger partial charge in [0.15, 0.2) is 0 Å². The smallest absolute Gasteiger partial charge is 0.123 e. The molecule has 0 aliphatic rings. The van der Waals surface area contributed by atoms with E-state index < -0.39 is 0 Å². The molecule has 0 amide bonds. The highest BCUT2D eigenvalue weighted by molar-refractivity contribution is 5.75. The number of nitrogens with one attached hydrogen (secondary N) is 1. The normalized spacial score (nSPS) is 13.2. The second-order valence-electron chi connectivity index (χ2n) is 5.58. The molecule has 2 aromatic rings. The van der Waals surface area contributed by atoms with Crippen LogP contribution in [0.1, 0.15) is 33.0 Å². The number of aryl methyl sites for hydroxylation is 1. The molecule has 0 fully saturated rings. The number of nitrogens with zero attached hydrogens (tertiary/aromatic N) is 2. The van der Waals surface area contributed by atoms with Gasteiger partial charge in [-0.15, -0.1) is 0 Å². The Morgan fingerprint density at radius 2 is 2.05 bits per heavy atom. The van der Waals surface area contributed by atoms with Gasteiger partial charge < -0.3 is 15.0 Å². The molecule has 0 radical (unpaired) electrons. The van der Waals surface area contributed by atoms with Gasteiger partial charge >= 0.3 is 0 Å². The van der Waals surface area contributed by atoms with Crippen LogP contribution in [-0.2, 0) is 13.1 Å². The lowest BCUT2D eigenvalue weighted by atomic mass is 10.1. The van der Waals surface area contributed by atoms with E-state index in [0.717, 1.165) is 24.3 Å². The summed E-state index contributed by atoms with van der Waals surface area (Å²) in [6, 6.07) is 8.36. The van der Waals surface area contributed by atoms with Crippen LogP contribution >= 0.6 is 0 Å². The number of imidazole rings is 1. The number of para-hydroxylation sites is 2. The van der Waals surface area contributed by atoms with E-state index in [1.807, 2.05) is 6.07 Å². The van der Waals surface area contributed by atoms with Crippen LogP contribution < -0.4 is 5.32 Å². The van der Waals surface area contributed by atoms with E-state index in [1.54, 1.807) is 0 Å². The molecule has 4 nitrogen and oxygen atoms in total. The first-order valence-corrected chi connectivity index (χ1v) is 7.45. The summed E-state index contributed by atoms with van der Waals surface area (Å²) >= 11 is 0. The fourth-order valence-corrected chi connectivity index (χ4v) is 2.47. The minimum absolute atomic E-state index is 0.116. The van der Waals surface area contributed by atoms with E-state index in [4.69, 9.17) is 4.98 Å². The summed E-state index contributed by atoms with van der Waals surface area (Å²) in [6.45, 7) is 8.23. The number of aromatic nitrogens is 2. The van der Waals surface area contributed by atoms with Gasteiger partial charge in [-0.05, 0) is 24.5 Å². The second kappa shape index (κ2) is 6.86. The van der Waals surface area contributed by atoms with Crippen LogP contribution in [0.2, 0.25) is 0 Å². The van der Waals surface area contributed by atoms with Crippen molar-refractivity contribution >= 4 is 11.0 Å². The van der Waals surface area contributed by atoms with Crippen LogP contribution in [0.15, 0.2) is 24.3 Å². The van der Waals surface area contributed by atoms with Crippen molar-refractivity contribution in [1.82, 2.24) is 14.9 Å². The Kier molecular flexibility index (Phi) is 5.15. The number of aliphatic hydroxyl groups excluding tert-OH is 1. The van der Waals surface area contributed by atoms with Gasteiger partial charge in [0.2, 0.25) is 0 Å². The third-order valence-corrected chi connectivity index (χ3v) is 3.70. The average molecular weight is 275 g/mol. The van der Waals surface area contributed by atoms with E-state index in [-0.39, 0.29) is 12.6 Å². The van der Waals surface area contributed by atoms with Gasteiger partial charge in [0.25, 0.3) is 0 Å². The molecule has 2 N–H and O–H groups in total. The van der Waals surface area contributed by atoms with Gasteiger partial charge in [0, 0.05) is 12.6 Å². The Hall–Kier alpha value is -1.39. The Labute approximate surface area is 120 Å². The van der Waals surface area contributed by atoms with Gasteiger partial charge in [-0.2, -0.15) is 0 Å². The summed E-state index contributed by atoms with van der Waals surface area (Å²) in [4.78, 5) is 4.72. The van der Waals surface area contributed by atoms with E-state index in [9.17, 15) is 5.11 Å². The third kappa shape index (κ3) is 3.19. The second-order valence-corrected chi connectivity index (χ2v) is 5.58. The van der Waals surface area contributed by atoms with Crippen molar-refractivity contribution in [1.29, 1.82) is 0 Å². The molecule has 1 unspecified atom stereocenters. The fraction of sp³-hybridized carbons (Fsp3) is 0.562. The lowest BCUT2D eigenvalue weighted by Gasteiger charge is -2.20. The van der Waals surface area contributed by atoms with Crippen molar-refractivity contribution in [2.24, 2.45) is 5.92 Å². The molecule has 0 bridgehead atoms. The highest BCUT2D eigenvalue weighted by Gasteiger charge is 2.14. The molecule has 1 aromatic heterocycles. The molecule has 1 aromatic carbocycles. The molecule has 0 aliphatic carbocycles. The zero-order chi connectivity index (χ0) is 14.5. The summed E-state index contributed by atoms with van der Waals surface area (Å²) in [5.74, 6) is 1.45. The van der Waals surface area contributed by atoms with Crippen LogP contribution in [0, 0.1) is 5.92 Å². The largest absolute Gasteiger partial charge is 0.395 e. The maximum absolute atomic E-state index is 9.40. The molecule has 1 heterocycles. The molecule has 0 saturated heterocycles. The Morgan fingerprint density at radius 3 is 2.70 bits per heavy atom. The predicted molar refractivity (Wildman–Crippen MR) is 82.6 cm³/mol. The molecule has 0 spiro atoms. The summed E-state index contributed by atoms with van der Waals surface area (Å²) in [5, 5.41) is 12.8. The van der Waals surface area contributed by atoms with Gasteiger partial charge in [-0.25, -0.2) is 4.98 Å². The van der Waals surface area contributed by atoms with Crippen molar-refractivity contribution < 1.29 is 5.11 Å². The van der Waals surface area contributed by atoms with Gasteiger partial charge in [-0.3, -0.25) is 0 Å². The van der Waals surface area contributed by atoms with E-state index in [0.29, 0.717) is 12.5 Å². The minimum Gasteiger partial charge on any atom is -0.395 e. The molecule has 0 aliphatic heterocycles. The number of hydrogen-bond acceptors (Lipinski definition) is 3. The van der Waals surface area contributed by atoms with Crippen LogP contribution in [0.5, 0.6) is 0 Å². The predicted octanol–water partition coefficient (Wildman–Crippen LogP) is 2.55. The summed E-state index contributed by atoms with van der Waals surface area (Å²) in [5.41, 5.74) is 2.24. The standard InChI is InChI=1S/C16H25N3O/c1-4-9-19-15-8-6-5-7-13(15)18-16(19)10-17-14(11-20)12(2)3/h5-8,12,14,17,20H,4,9-11H2,1-3H3. The summed E-state index contributed by atoms with van der Waals surface area (Å²) in [7, 11) is 0. The summed E-state index contributed by atoms with van der Waals surface area (Å²) < 4.78 is 2.27. The van der Waals surface area contributed by atoms with Crippen LogP contribution in [0.3, 0.4) is 0 Å². The molecular formula is C16H25N3O. The minimum atomic E-state index is 0.116. The Morgan fingerprint density at radius 1 is 1.30 bits per heavy atom. The van der Waals surface area contributed by atoms with Gasteiger partial charge in [-0.1, -0.05) is 32.9 Å². The topological polar surface area (TPSA) is 50.1 Å². The average Bonchev–Trinajstić information content (AvgIpc) is 2.78. The van der Waals surface area contributed by atoms with E-state index >= 15 is 0 Å². The van der Waals surface area contributed by atoms with Crippen molar-refractivity contribution in [2.75, 3.05) is 6.61 Å². The van der Waals surface area contributed by atoms with Crippen molar-refractivity contribution in [3.05, 3.63) is 30.1 Å². The number of hydrogen-bond donors (Lipinski definition) is 2. The number of benzene rings is 1. The molecule has 2 rings (SSSR count). The zero-order valence-electron chi connectivity index (χ0n) is 12.6. The summed E-state index contributed by atoms with van der Waals surface area (Å²) in [6.07, 6.45) is 1.08. The first-order chi connectivity index (χ1) is 9.67. The highest BCUT2D eigenvalue weighted by atomic mass is 16.3. The maximum Gasteiger partial charge on any atom is 0.123 e. The number of rotatable bonds is 7. The monoisotopic (exact) mass is 275 g/mol. The zero-order valence-corrected chi connectivity index (χ0v) is 12.6. The molecule has 20 heavy (non-hydrogen) atoms. The lowest BCUT2D eigenvalue weighted by Crippen LogP contribution is -2.37. The van der Waals surface area contributed by atoms with Gasteiger partial charge in [0.1, 0.15) is 5.82 Å².